The van der Waals surface area contributed by atoms with Crippen molar-refractivity contribution in [1.82, 2.24) is 15.1 Å². The van der Waals surface area contributed by atoms with Crippen molar-refractivity contribution in [3.63, 3.8) is 0 Å². The summed E-state index contributed by atoms with van der Waals surface area (Å²) in [6.45, 7) is -0.0446. The van der Waals surface area contributed by atoms with Gasteiger partial charge in [0, 0.05) is 19.0 Å². The first-order valence-electron chi connectivity index (χ1n) is 11.8. The van der Waals surface area contributed by atoms with Gasteiger partial charge < -0.3 is 25.0 Å². The SMILES string of the molecule is O=C(O)CN1CCN(C(=O)C(NC(=O)OCC2c3ccccc3-c3ccccc32)C2CC2)CC1=O. The van der Waals surface area contributed by atoms with Crippen LogP contribution in [0.15, 0.2) is 48.5 Å². The number of benzene rings is 2. The Labute approximate surface area is 202 Å². The molecule has 2 aliphatic carbocycles. The topological polar surface area (TPSA) is 116 Å². The van der Waals surface area contributed by atoms with Gasteiger partial charge in [0.05, 0.1) is 6.54 Å². The second-order valence-electron chi connectivity index (χ2n) is 9.25. The van der Waals surface area contributed by atoms with Gasteiger partial charge >= 0.3 is 12.1 Å². The number of nitrogens with zero attached hydrogens (tertiary/aromatic N) is 2. The van der Waals surface area contributed by atoms with Crippen LogP contribution in [-0.2, 0) is 19.1 Å². The molecule has 1 saturated carbocycles. The Morgan fingerprint density at radius 3 is 2.20 bits per heavy atom. The Morgan fingerprint density at radius 2 is 1.63 bits per heavy atom. The van der Waals surface area contributed by atoms with Gasteiger partial charge in [0.15, 0.2) is 0 Å². The van der Waals surface area contributed by atoms with Gasteiger partial charge in [-0.15, -0.1) is 0 Å². The van der Waals surface area contributed by atoms with E-state index in [2.05, 4.69) is 17.4 Å². The maximum Gasteiger partial charge on any atom is 0.407 e. The van der Waals surface area contributed by atoms with E-state index in [4.69, 9.17) is 9.84 Å². The minimum atomic E-state index is -1.09. The minimum absolute atomic E-state index is 0.00938. The number of carboxylic acids is 1. The maximum atomic E-state index is 13.1. The summed E-state index contributed by atoms with van der Waals surface area (Å²) < 4.78 is 5.61. The van der Waals surface area contributed by atoms with Crippen LogP contribution in [0.3, 0.4) is 0 Å². The second kappa shape index (κ2) is 9.40. The van der Waals surface area contributed by atoms with Gasteiger partial charge in [-0.05, 0) is 41.0 Å². The van der Waals surface area contributed by atoms with E-state index in [1.54, 1.807) is 0 Å². The molecule has 35 heavy (non-hydrogen) atoms. The molecule has 182 valence electrons. The first-order chi connectivity index (χ1) is 16.9. The molecule has 0 spiro atoms. The number of fused-ring (bicyclic) bond motifs is 3. The van der Waals surface area contributed by atoms with Crippen LogP contribution < -0.4 is 5.32 Å². The predicted molar refractivity (Wildman–Crippen MR) is 126 cm³/mol. The number of alkyl carbamates (subject to hydrolysis) is 1. The van der Waals surface area contributed by atoms with Gasteiger partial charge in [-0.3, -0.25) is 14.4 Å². The number of carbonyl (C=O) groups excluding carboxylic acids is 3. The first kappa shape index (κ1) is 22.9. The summed E-state index contributed by atoms with van der Waals surface area (Å²) >= 11 is 0. The third-order valence-electron chi connectivity index (χ3n) is 6.93. The summed E-state index contributed by atoms with van der Waals surface area (Å²) in [6, 6.07) is 15.4. The van der Waals surface area contributed by atoms with E-state index >= 15 is 0 Å². The van der Waals surface area contributed by atoms with E-state index in [0.29, 0.717) is 0 Å². The lowest BCUT2D eigenvalue weighted by Gasteiger charge is -2.35. The zero-order valence-corrected chi connectivity index (χ0v) is 19.2. The summed E-state index contributed by atoms with van der Waals surface area (Å²) in [5.41, 5.74) is 4.48. The van der Waals surface area contributed by atoms with Crippen LogP contribution in [0, 0.1) is 5.92 Å². The number of amides is 3. The summed E-state index contributed by atoms with van der Waals surface area (Å²) in [4.78, 5) is 51.7. The third-order valence-corrected chi connectivity index (χ3v) is 6.93. The molecule has 2 N–H and O–H groups in total. The normalized spacial score (nSPS) is 18.0. The molecule has 1 unspecified atom stereocenters. The Morgan fingerprint density at radius 1 is 1.00 bits per heavy atom. The molecule has 9 nitrogen and oxygen atoms in total. The number of piperazine rings is 1. The number of carbonyl (C=O) groups is 4. The van der Waals surface area contributed by atoms with Crippen molar-refractivity contribution in [2.75, 3.05) is 32.8 Å². The predicted octanol–water partition coefficient (Wildman–Crippen LogP) is 2.06. The fourth-order valence-electron chi connectivity index (χ4n) is 5.00. The number of rotatable bonds is 7. The monoisotopic (exact) mass is 477 g/mol. The van der Waals surface area contributed by atoms with Gasteiger partial charge in [0.2, 0.25) is 11.8 Å². The standard InChI is InChI=1S/C26H27N3O6/c30-22-13-29(12-11-28(22)14-23(31)32)25(33)24(16-9-10-16)27-26(34)35-15-21-19-7-3-1-5-17(19)18-6-2-4-8-20(18)21/h1-8,16,21,24H,9-15H2,(H,27,34)(H,31,32). The fraction of sp³-hybridized carbons (Fsp3) is 0.385. The highest BCUT2D eigenvalue weighted by atomic mass is 16.5. The van der Waals surface area contributed by atoms with Crippen LogP contribution in [0.5, 0.6) is 0 Å². The van der Waals surface area contributed by atoms with Gasteiger partial charge in [-0.2, -0.15) is 0 Å². The molecule has 1 heterocycles. The molecule has 1 atom stereocenters. The number of carboxylic acid groups (broad SMARTS) is 1. The van der Waals surface area contributed by atoms with Crippen LogP contribution in [0.2, 0.25) is 0 Å². The molecular formula is C26H27N3O6. The zero-order valence-electron chi connectivity index (χ0n) is 19.2. The molecule has 9 heteroatoms. The molecular weight excluding hydrogens is 450 g/mol. The lowest BCUT2D eigenvalue weighted by molar-refractivity contribution is -0.151. The Kier molecular flexibility index (Phi) is 6.15. The molecule has 1 saturated heterocycles. The Balaban J connectivity index is 1.21. The lowest BCUT2D eigenvalue weighted by Crippen LogP contribution is -2.58. The quantitative estimate of drug-likeness (QED) is 0.631. The van der Waals surface area contributed by atoms with E-state index in [-0.39, 0.29) is 50.5 Å². The number of hydrogen-bond acceptors (Lipinski definition) is 5. The van der Waals surface area contributed by atoms with Crippen LogP contribution in [0.1, 0.15) is 29.9 Å². The average Bonchev–Trinajstić information content (AvgIpc) is 3.64. The molecule has 1 aliphatic heterocycles. The van der Waals surface area contributed by atoms with Crippen molar-refractivity contribution in [2.45, 2.75) is 24.8 Å². The molecule has 3 amide bonds. The Hall–Kier alpha value is -3.88. The van der Waals surface area contributed by atoms with Gasteiger partial charge in [-0.1, -0.05) is 48.5 Å². The molecule has 2 aromatic rings. The largest absolute Gasteiger partial charge is 0.480 e. The smallest absolute Gasteiger partial charge is 0.407 e. The van der Waals surface area contributed by atoms with E-state index in [1.807, 2.05) is 36.4 Å². The summed E-state index contributed by atoms with van der Waals surface area (Å²) in [7, 11) is 0. The first-order valence-corrected chi connectivity index (χ1v) is 11.8. The van der Waals surface area contributed by atoms with Crippen molar-refractivity contribution >= 4 is 23.9 Å². The van der Waals surface area contributed by atoms with Crippen molar-refractivity contribution in [1.29, 1.82) is 0 Å². The summed E-state index contributed by atoms with van der Waals surface area (Å²) in [5.74, 6) is -1.91. The van der Waals surface area contributed by atoms with Crippen molar-refractivity contribution in [3.05, 3.63) is 59.7 Å². The van der Waals surface area contributed by atoms with E-state index in [0.717, 1.165) is 35.1 Å². The average molecular weight is 478 g/mol. The van der Waals surface area contributed by atoms with E-state index in [1.165, 1.54) is 9.80 Å². The molecule has 2 fully saturated rings. The van der Waals surface area contributed by atoms with Crippen molar-refractivity contribution in [2.24, 2.45) is 5.92 Å². The highest BCUT2D eigenvalue weighted by Gasteiger charge is 2.41. The molecule has 0 aromatic heterocycles. The second-order valence-corrected chi connectivity index (χ2v) is 9.25. The van der Waals surface area contributed by atoms with Crippen LogP contribution >= 0.6 is 0 Å². The van der Waals surface area contributed by atoms with Gasteiger partial charge in [0.25, 0.3) is 0 Å². The lowest BCUT2D eigenvalue weighted by atomic mass is 9.98. The van der Waals surface area contributed by atoms with Crippen molar-refractivity contribution in [3.8, 4) is 11.1 Å². The third kappa shape index (κ3) is 4.71. The van der Waals surface area contributed by atoms with Gasteiger partial charge in [0.1, 0.15) is 19.2 Å². The van der Waals surface area contributed by atoms with E-state index in [9.17, 15) is 19.2 Å². The fourth-order valence-corrected chi connectivity index (χ4v) is 5.00. The Bertz CT molecular complexity index is 1130. The number of nitrogens with one attached hydrogen (secondary N) is 1. The molecule has 3 aliphatic rings. The number of aliphatic carboxylic acids is 1. The molecule has 0 bridgehead atoms. The highest BCUT2D eigenvalue weighted by molar-refractivity contribution is 5.91. The number of hydrogen-bond donors (Lipinski definition) is 2. The van der Waals surface area contributed by atoms with Crippen LogP contribution in [0.25, 0.3) is 11.1 Å². The highest BCUT2D eigenvalue weighted by Crippen LogP contribution is 2.44. The summed E-state index contributed by atoms with van der Waals surface area (Å²) in [6.07, 6.45) is 0.966. The molecule has 0 radical (unpaired) electrons. The molecule has 5 rings (SSSR count). The maximum absolute atomic E-state index is 13.1. The van der Waals surface area contributed by atoms with Gasteiger partial charge in [-0.25, -0.2) is 4.79 Å². The van der Waals surface area contributed by atoms with Crippen LogP contribution in [-0.4, -0.2) is 77.6 Å². The van der Waals surface area contributed by atoms with E-state index < -0.39 is 24.0 Å². The van der Waals surface area contributed by atoms with Crippen LogP contribution in [0.4, 0.5) is 4.79 Å². The number of ether oxygens (including phenoxy) is 1. The summed E-state index contributed by atoms with van der Waals surface area (Å²) in [5, 5.41) is 11.7. The van der Waals surface area contributed by atoms with Crippen molar-refractivity contribution < 1.29 is 29.0 Å². The minimum Gasteiger partial charge on any atom is -0.480 e. The zero-order chi connectivity index (χ0) is 24.5. The molecule has 2 aromatic carbocycles.